The number of ether oxygens (including phenoxy) is 1. The summed E-state index contributed by atoms with van der Waals surface area (Å²) in [5, 5.41) is 19.0. The van der Waals surface area contributed by atoms with E-state index in [1.165, 1.54) is 23.6 Å². The molecule has 9 nitrogen and oxygen atoms in total. The number of carbonyl (C=O) groups is 1. The van der Waals surface area contributed by atoms with Crippen molar-refractivity contribution in [1.29, 1.82) is 5.26 Å². The van der Waals surface area contributed by atoms with Crippen LogP contribution in [-0.2, 0) is 24.2 Å². The average Bonchev–Trinajstić information content (AvgIpc) is 2.93. The Balaban J connectivity index is 1.28. The molecule has 4 rings (SSSR count). The van der Waals surface area contributed by atoms with Crippen LogP contribution >= 0.6 is 11.6 Å². The monoisotopic (exact) mass is 519 g/mol. The predicted molar refractivity (Wildman–Crippen MR) is 144 cm³/mol. The highest BCUT2D eigenvalue weighted by atomic mass is 35.5. The number of rotatable bonds is 10. The molecule has 0 atom stereocenters. The van der Waals surface area contributed by atoms with Gasteiger partial charge in [-0.2, -0.15) is 5.26 Å². The third kappa shape index (κ3) is 7.40. The van der Waals surface area contributed by atoms with E-state index in [1.54, 1.807) is 13.2 Å². The fourth-order valence-corrected chi connectivity index (χ4v) is 4.38. The summed E-state index contributed by atoms with van der Waals surface area (Å²) >= 11 is 6.53. The van der Waals surface area contributed by atoms with Crippen molar-refractivity contribution >= 4 is 28.9 Å². The first-order chi connectivity index (χ1) is 18.1. The van der Waals surface area contributed by atoms with E-state index in [0.29, 0.717) is 28.6 Å². The molecule has 192 valence electrons. The molecular weight excluding hydrogens is 490 g/mol. The van der Waals surface area contributed by atoms with Crippen LogP contribution in [0.1, 0.15) is 22.5 Å². The number of piperazine rings is 1. The highest BCUT2D eigenvalue weighted by Gasteiger charge is 2.14. The SMILES string of the molecule is COc1cc(CCNCc2ccc(N3CCNCC3)cc2)c(Cl)cc1NC(=O)Cc1cnc(C#N)cn1. The molecular formula is C27H30ClN7O2. The molecule has 37 heavy (non-hydrogen) atoms. The third-order valence-corrected chi connectivity index (χ3v) is 6.47. The quantitative estimate of drug-likeness (QED) is 0.350. The van der Waals surface area contributed by atoms with Gasteiger partial charge < -0.3 is 25.6 Å². The number of nitrogens with one attached hydrogen (secondary N) is 3. The lowest BCUT2D eigenvalue weighted by Crippen LogP contribution is -2.43. The number of anilines is 2. The molecule has 1 aliphatic rings. The fourth-order valence-electron chi connectivity index (χ4n) is 4.12. The number of amides is 1. The molecule has 3 N–H and O–H groups in total. The summed E-state index contributed by atoms with van der Waals surface area (Å²) in [5.74, 6) is 0.243. The molecule has 2 aromatic carbocycles. The van der Waals surface area contributed by atoms with Crippen molar-refractivity contribution in [2.75, 3.05) is 50.1 Å². The Bertz CT molecular complexity index is 1240. The minimum atomic E-state index is -0.286. The summed E-state index contributed by atoms with van der Waals surface area (Å²) in [5.41, 5.74) is 4.57. The minimum absolute atomic E-state index is 0.0152. The molecule has 1 aromatic heterocycles. The van der Waals surface area contributed by atoms with Crippen LogP contribution in [0.5, 0.6) is 5.75 Å². The Morgan fingerprint density at radius 3 is 2.65 bits per heavy atom. The molecule has 1 amide bonds. The number of hydrogen-bond donors (Lipinski definition) is 3. The molecule has 0 unspecified atom stereocenters. The molecule has 0 radical (unpaired) electrons. The number of nitriles is 1. The van der Waals surface area contributed by atoms with Gasteiger partial charge >= 0.3 is 0 Å². The zero-order chi connectivity index (χ0) is 26.0. The normalized spacial score (nSPS) is 13.2. The van der Waals surface area contributed by atoms with Gasteiger partial charge in [-0.1, -0.05) is 23.7 Å². The second-order valence-corrected chi connectivity index (χ2v) is 9.11. The van der Waals surface area contributed by atoms with E-state index in [0.717, 1.165) is 44.8 Å². The van der Waals surface area contributed by atoms with Crippen molar-refractivity contribution in [1.82, 2.24) is 20.6 Å². The van der Waals surface area contributed by atoms with Gasteiger partial charge in [0.2, 0.25) is 5.91 Å². The summed E-state index contributed by atoms with van der Waals surface area (Å²) in [4.78, 5) is 22.9. The third-order valence-electron chi connectivity index (χ3n) is 6.12. The predicted octanol–water partition coefficient (Wildman–Crippen LogP) is 2.93. The van der Waals surface area contributed by atoms with Crippen molar-refractivity contribution in [3.63, 3.8) is 0 Å². The van der Waals surface area contributed by atoms with Crippen LogP contribution in [0.3, 0.4) is 0 Å². The number of methoxy groups -OCH3 is 1. The number of hydrogen-bond acceptors (Lipinski definition) is 8. The number of nitrogens with zero attached hydrogens (tertiary/aromatic N) is 4. The Morgan fingerprint density at radius 2 is 1.97 bits per heavy atom. The lowest BCUT2D eigenvalue weighted by Gasteiger charge is -2.29. The van der Waals surface area contributed by atoms with Crippen molar-refractivity contribution in [2.24, 2.45) is 0 Å². The van der Waals surface area contributed by atoms with E-state index in [4.69, 9.17) is 21.6 Å². The summed E-state index contributed by atoms with van der Waals surface area (Å²) < 4.78 is 5.49. The van der Waals surface area contributed by atoms with E-state index in [9.17, 15) is 4.79 Å². The second kappa shape index (κ2) is 13.0. The summed E-state index contributed by atoms with van der Waals surface area (Å²) in [6.45, 7) is 5.64. The smallest absolute Gasteiger partial charge is 0.230 e. The Kier molecular flexibility index (Phi) is 9.27. The molecule has 0 aliphatic carbocycles. The highest BCUT2D eigenvalue weighted by molar-refractivity contribution is 6.31. The van der Waals surface area contributed by atoms with Crippen LogP contribution < -0.4 is 25.6 Å². The van der Waals surface area contributed by atoms with Crippen molar-refractivity contribution in [3.8, 4) is 11.8 Å². The van der Waals surface area contributed by atoms with Crippen LogP contribution in [-0.4, -0.2) is 55.7 Å². The van der Waals surface area contributed by atoms with Crippen molar-refractivity contribution < 1.29 is 9.53 Å². The van der Waals surface area contributed by atoms with E-state index in [2.05, 4.69) is 55.1 Å². The molecule has 1 aliphatic heterocycles. The maximum atomic E-state index is 12.5. The first-order valence-corrected chi connectivity index (χ1v) is 12.6. The highest BCUT2D eigenvalue weighted by Crippen LogP contribution is 2.31. The number of aromatic nitrogens is 2. The van der Waals surface area contributed by atoms with Crippen molar-refractivity contribution in [3.05, 3.63) is 76.3 Å². The van der Waals surface area contributed by atoms with Gasteiger partial charge in [0.15, 0.2) is 5.69 Å². The molecule has 10 heteroatoms. The lowest BCUT2D eigenvalue weighted by molar-refractivity contribution is -0.115. The maximum absolute atomic E-state index is 12.5. The van der Waals surface area contributed by atoms with Crippen LogP contribution in [0.4, 0.5) is 11.4 Å². The van der Waals surface area contributed by atoms with Crippen molar-refractivity contribution in [2.45, 2.75) is 19.4 Å². The largest absolute Gasteiger partial charge is 0.495 e. The maximum Gasteiger partial charge on any atom is 0.230 e. The minimum Gasteiger partial charge on any atom is -0.495 e. The zero-order valence-corrected chi connectivity index (χ0v) is 21.5. The van der Waals surface area contributed by atoms with Gasteiger partial charge in [-0.15, -0.1) is 0 Å². The Hall–Kier alpha value is -3.71. The second-order valence-electron chi connectivity index (χ2n) is 8.70. The number of carbonyl (C=O) groups excluding carboxylic acids is 1. The molecule has 0 saturated carbocycles. The van der Waals surface area contributed by atoms with Crippen LogP contribution in [0.25, 0.3) is 0 Å². The van der Waals surface area contributed by atoms with Crippen LogP contribution in [0.15, 0.2) is 48.8 Å². The van der Waals surface area contributed by atoms with E-state index >= 15 is 0 Å². The molecule has 1 saturated heterocycles. The first-order valence-electron chi connectivity index (χ1n) is 12.2. The average molecular weight is 520 g/mol. The molecule has 0 bridgehead atoms. The van der Waals surface area contributed by atoms with Crippen LogP contribution in [0, 0.1) is 11.3 Å². The topological polar surface area (TPSA) is 115 Å². The molecule has 1 fully saturated rings. The lowest BCUT2D eigenvalue weighted by atomic mass is 10.1. The Morgan fingerprint density at radius 1 is 1.19 bits per heavy atom. The van der Waals surface area contributed by atoms with E-state index in [1.807, 2.05) is 12.1 Å². The molecule has 2 heterocycles. The fraction of sp³-hybridized carbons (Fsp3) is 0.333. The number of halogens is 1. The standard InChI is InChI=1S/C27H30ClN7O2/c1-37-26-12-20(6-7-31-16-19-2-4-23(5-3-19)35-10-8-30-9-11-35)24(28)14-25(26)34-27(36)13-21-17-33-22(15-29)18-32-21/h2-5,12,14,17-18,30-31H,6-11,13,16H2,1H3,(H,34,36). The number of benzene rings is 2. The Labute approximate surface area is 221 Å². The van der Waals surface area contributed by atoms with Gasteiger partial charge in [0, 0.05) is 43.4 Å². The van der Waals surface area contributed by atoms with Gasteiger partial charge in [0.25, 0.3) is 0 Å². The zero-order valence-electron chi connectivity index (χ0n) is 20.8. The van der Waals surface area contributed by atoms with Gasteiger partial charge in [0.05, 0.1) is 37.3 Å². The van der Waals surface area contributed by atoms with Gasteiger partial charge in [-0.25, -0.2) is 4.98 Å². The van der Waals surface area contributed by atoms with Gasteiger partial charge in [0.1, 0.15) is 11.8 Å². The van der Waals surface area contributed by atoms with E-state index < -0.39 is 0 Å². The van der Waals surface area contributed by atoms with Crippen LogP contribution in [0.2, 0.25) is 5.02 Å². The van der Waals surface area contributed by atoms with Gasteiger partial charge in [-0.05, 0) is 48.4 Å². The van der Waals surface area contributed by atoms with E-state index in [-0.39, 0.29) is 18.0 Å². The summed E-state index contributed by atoms with van der Waals surface area (Å²) in [6.07, 6.45) is 3.48. The first kappa shape index (κ1) is 26.4. The summed E-state index contributed by atoms with van der Waals surface area (Å²) in [7, 11) is 1.55. The van der Waals surface area contributed by atoms with Gasteiger partial charge in [-0.3, -0.25) is 9.78 Å². The molecule has 0 spiro atoms. The summed E-state index contributed by atoms with van der Waals surface area (Å²) in [6, 6.07) is 14.2. The molecule has 3 aromatic rings.